The lowest BCUT2D eigenvalue weighted by molar-refractivity contribution is -0.141. The molecule has 0 spiro atoms. The Morgan fingerprint density at radius 2 is 2.00 bits per heavy atom. The lowest BCUT2D eigenvalue weighted by Crippen LogP contribution is -2.49. The number of aliphatic hydroxyl groups is 2. The van der Waals surface area contributed by atoms with Crippen LogP contribution >= 0.6 is 0 Å². The van der Waals surface area contributed by atoms with Crippen molar-refractivity contribution in [2.75, 3.05) is 5.32 Å². The molecule has 0 saturated heterocycles. The van der Waals surface area contributed by atoms with Gasteiger partial charge in [-0.2, -0.15) is 13.2 Å². The summed E-state index contributed by atoms with van der Waals surface area (Å²) in [6.45, 7) is 1.92. The predicted octanol–water partition coefficient (Wildman–Crippen LogP) is 1.82. The van der Waals surface area contributed by atoms with E-state index in [1.807, 2.05) is 6.92 Å². The van der Waals surface area contributed by atoms with E-state index in [1.165, 1.54) is 0 Å². The summed E-state index contributed by atoms with van der Waals surface area (Å²) in [5, 5.41) is 22.7. The van der Waals surface area contributed by atoms with Crippen LogP contribution in [0.1, 0.15) is 31.9 Å². The molecule has 0 amide bonds. The molecule has 1 fully saturated rings. The summed E-state index contributed by atoms with van der Waals surface area (Å²) >= 11 is 0. The number of alkyl halides is 3. The molecule has 3 N–H and O–H groups in total. The van der Waals surface area contributed by atoms with E-state index in [2.05, 4.69) is 15.3 Å². The van der Waals surface area contributed by atoms with Crippen molar-refractivity contribution in [1.82, 2.24) is 9.97 Å². The summed E-state index contributed by atoms with van der Waals surface area (Å²) in [6.07, 6.45) is -3.52. The molecular formula is C13H18F3N3O2. The van der Waals surface area contributed by atoms with Crippen molar-refractivity contribution in [3.05, 3.63) is 18.0 Å². The van der Waals surface area contributed by atoms with Crippen LogP contribution in [0.4, 0.5) is 19.1 Å². The molecule has 1 heterocycles. The van der Waals surface area contributed by atoms with Crippen LogP contribution < -0.4 is 5.32 Å². The number of rotatable bonds is 3. The summed E-state index contributed by atoms with van der Waals surface area (Å²) in [4.78, 5) is 7.13. The van der Waals surface area contributed by atoms with E-state index < -0.39 is 30.1 Å². The maximum atomic E-state index is 12.6. The molecule has 118 valence electrons. The van der Waals surface area contributed by atoms with E-state index >= 15 is 0 Å². The van der Waals surface area contributed by atoms with E-state index in [4.69, 9.17) is 0 Å². The Morgan fingerprint density at radius 3 is 2.62 bits per heavy atom. The first kappa shape index (κ1) is 16.0. The number of aromatic nitrogens is 2. The third-order valence-corrected chi connectivity index (χ3v) is 3.88. The minimum atomic E-state index is -4.54. The zero-order chi connectivity index (χ0) is 15.6. The zero-order valence-corrected chi connectivity index (χ0v) is 11.5. The first-order chi connectivity index (χ1) is 9.82. The van der Waals surface area contributed by atoms with Crippen LogP contribution in [0.2, 0.25) is 0 Å². The van der Waals surface area contributed by atoms with Gasteiger partial charge in [0.1, 0.15) is 11.8 Å². The second-order valence-electron chi connectivity index (χ2n) is 5.24. The predicted molar refractivity (Wildman–Crippen MR) is 69.5 cm³/mol. The van der Waals surface area contributed by atoms with Crippen molar-refractivity contribution in [2.24, 2.45) is 5.92 Å². The summed E-state index contributed by atoms with van der Waals surface area (Å²) in [5.74, 6) is -0.198. The largest absolute Gasteiger partial charge is 0.433 e. The maximum Gasteiger partial charge on any atom is 0.433 e. The van der Waals surface area contributed by atoms with Gasteiger partial charge in [0.05, 0.1) is 12.1 Å². The second-order valence-corrected chi connectivity index (χ2v) is 5.24. The lowest BCUT2D eigenvalue weighted by atomic mass is 9.80. The van der Waals surface area contributed by atoms with Crippen LogP contribution in [0.25, 0.3) is 0 Å². The molecule has 5 nitrogen and oxygen atoms in total. The van der Waals surface area contributed by atoms with Gasteiger partial charge in [-0.1, -0.05) is 13.3 Å². The van der Waals surface area contributed by atoms with Crippen LogP contribution in [-0.4, -0.2) is 38.4 Å². The molecular weight excluding hydrogens is 287 g/mol. The average Bonchev–Trinajstić information content (AvgIpc) is 2.44. The van der Waals surface area contributed by atoms with Gasteiger partial charge in [0.15, 0.2) is 0 Å². The van der Waals surface area contributed by atoms with Crippen LogP contribution in [0.5, 0.6) is 0 Å². The molecule has 0 bridgehead atoms. The maximum absolute atomic E-state index is 12.6. The molecule has 1 aromatic rings. The van der Waals surface area contributed by atoms with E-state index in [0.29, 0.717) is 12.8 Å². The van der Waals surface area contributed by atoms with E-state index in [0.717, 1.165) is 18.7 Å². The van der Waals surface area contributed by atoms with Crippen LogP contribution in [0, 0.1) is 5.92 Å². The SMILES string of the molecule is CC[C@H]1CC[C@H](Nc2nccc(C(F)(F)F)n2)C(O)[C@H]1O. The molecule has 0 aliphatic heterocycles. The monoisotopic (exact) mass is 305 g/mol. The highest BCUT2D eigenvalue weighted by atomic mass is 19.4. The number of anilines is 1. The molecule has 1 aliphatic carbocycles. The molecule has 1 aromatic heterocycles. The summed E-state index contributed by atoms with van der Waals surface area (Å²) in [5.41, 5.74) is -1.04. The summed E-state index contributed by atoms with van der Waals surface area (Å²) in [7, 11) is 0. The third-order valence-electron chi connectivity index (χ3n) is 3.88. The Balaban J connectivity index is 2.08. The number of hydrogen-bond acceptors (Lipinski definition) is 5. The van der Waals surface area contributed by atoms with Gasteiger partial charge >= 0.3 is 6.18 Å². The first-order valence-electron chi connectivity index (χ1n) is 6.85. The lowest BCUT2D eigenvalue weighted by Gasteiger charge is -2.37. The van der Waals surface area contributed by atoms with Crippen molar-refractivity contribution in [3.63, 3.8) is 0 Å². The highest BCUT2D eigenvalue weighted by Crippen LogP contribution is 2.30. The van der Waals surface area contributed by atoms with Crippen LogP contribution in [-0.2, 0) is 6.18 Å². The van der Waals surface area contributed by atoms with E-state index in [9.17, 15) is 23.4 Å². The molecule has 1 aliphatic rings. The quantitative estimate of drug-likeness (QED) is 0.794. The number of halogens is 3. The third kappa shape index (κ3) is 3.62. The van der Waals surface area contributed by atoms with Crippen molar-refractivity contribution in [3.8, 4) is 0 Å². The first-order valence-corrected chi connectivity index (χ1v) is 6.85. The molecule has 0 aromatic carbocycles. The highest BCUT2D eigenvalue weighted by Gasteiger charge is 2.37. The van der Waals surface area contributed by atoms with Crippen LogP contribution in [0.3, 0.4) is 0 Å². The number of nitrogens with zero attached hydrogens (tertiary/aromatic N) is 2. The normalized spacial score (nSPS) is 30.2. The summed E-state index contributed by atoms with van der Waals surface area (Å²) in [6, 6.07) is 0.219. The van der Waals surface area contributed by atoms with E-state index in [1.54, 1.807) is 0 Å². The Morgan fingerprint density at radius 1 is 1.29 bits per heavy atom. The van der Waals surface area contributed by atoms with Gasteiger partial charge in [0.25, 0.3) is 0 Å². The van der Waals surface area contributed by atoms with Crippen LogP contribution in [0.15, 0.2) is 12.3 Å². The number of aliphatic hydroxyl groups excluding tert-OH is 2. The molecule has 8 heteroatoms. The Hall–Kier alpha value is -1.41. The fourth-order valence-electron chi connectivity index (χ4n) is 2.61. The number of nitrogens with one attached hydrogen (secondary N) is 1. The molecule has 21 heavy (non-hydrogen) atoms. The summed E-state index contributed by atoms with van der Waals surface area (Å²) < 4.78 is 37.7. The van der Waals surface area contributed by atoms with Gasteiger partial charge in [0.2, 0.25) is 5.95 Å². The Kier molecular flexibility index (Phi) is 4.67. The molecule has 0 radical (unpaired) electrons. The van der Waals surface area contributed by atoms with Gasteiger partial charge in [-0.15, -0.1) is 0 Å². The molecule has 2 rings (SSSR count). The fourth-order valence-corrected chi connectivity index (χ4v) is 2.61. The Bertz CT molecular complexity index is 484. The van der Waals surface area contributed by atoms with Gasteiger partial charge in [-0.05, 0) is 24.8 Å². The van der Waals surface area contributed by atoms with Gasteiger partial charge in [-0.25, -0.2) is 9.97 Å². The standard InChI is InChI=1S/C13H18F3N3O2/c1-2-7-3-4-8(11(21)10(7)20)18-12-17-6-5-9(19-12)13(14,15)16/h5-8,10-11,20-21H,2-4H2,1H3,(H,17,18,19)/t7-,8-,10-,11?/m0/s1. The average molecular weight is 305 g/mol. The topological polar surface area (TPSA) is 78.3 Å². The molecule has 4 atom stereocenters. The fraction of sp³-hybridized carbons (Fsp3) is 0.692. The van der Waals surface area contributed by atoms with Gasteiger partial charge in [0, 0.05) is 6.20 Å². The van der Waals surface area contributed by atoms with Crippen molar-refractivity contribution >= 4 is 5.95 Å². The van der Waals surface area contributed by atoms with Crippen molar-refractivity contribution in [2.45, 2.75) is 50.6 Å². The van der Waals surface area contributed by atoms with Crippen molar-refractivity contribution in [1.29, 1.82) is 0 Å². The van der Waals surface area contributed by atoms with Gasteiger partial charge < -0.3 is 15.5 Å². The second kappa shape index (κ2) is 6.15. The Labute approximate surface area is 120 Å². The zero-order valence-electron chi connectivity index (χ0n) is 11.5. The highest BCUT2D eigenvalue weighted by molar-refractivity contribution is 5.28. The van der Waals surface area contributed by atoms with E-state index in [-0.39, 0.29) is 11.9 Å². The number of hydrogen-bond donors (Lipinski definition) is 3. The minimum absolute atomic E-state index is 0.000442. The van der Waals surface area contributed by atoms with Crippen molar-refractivity contribution < 1.29 is 23.4 Å². The smallest absolute Gasteiger partial charge is 0.390 e. The minimum Gasteiger partial charge on any atom is -0.390 e. The molecule has 1 unspecified atom stereocenters. The molecule has 1 saturated carbocycles. The van der Waals surface area contributed by atoms with Gasteiger partial charge in [-0.3, -0.25) is 0 Å².